The van der Waals surface area contributed by atoms with Gasteiger partial charge in [0, 0.05) is 8.95 Å². The molecular formula is C21H21Br2NO4. The Hall–Kier alpha value is -1.86. The smallest absolute Gasteiger partial charge is 0.299 e. The van der Waals surface area contributed by atoms with Gasteiger partial charge in [-0.05, 0) is 52.2 Å². The molecule has 0 saturated carbocycles. The first kappa shape index (κ1) is 20.9. The van der Waals surface area contributed by atoms with Gasteiger partial charge >= 0.3 is 0 Å². The number of hydrogen-bond acceptors (Lipinski definition) is 4. The van der Waals surface area contributed by atoms with Gasteiger partial charge in [-0.2, -0.15) is 0 Å². The fraction of sp³-hybridized carbons (Fsp3) is 0.333. The monoisotopic (exact) mass is 509 g/mol. The van der Waals surface area contributed by atoms with Gasteiger partial charge in [0.25, 0.3) is 11.7 Å². The minimum atomic E-state index is -0.535. The van der Waals surface area contributed by atoms with Crippen LogP contribution in [-0.4, -0.2) is 25.4 Å². The average Bonchev–Trinajstić information content (AvgIpc) is 2.91. The molecule has 3 rings (SSSR count). The number of ether oxygens (including phenoxy) is 2. The maximum Gasteiger partial charge on any atom is 0.299 e. The zero-order valence-corrected chi connectivity index (χ0v) is 18.9. The molecule has 1 amide bonds. The summed E-state index contributed by atoms with van der Waals surface area (Å²) in [5.74, 6) is 0.256. The van der Waals surface area contributed by atoms with Gasteiger partial charge in [0.15, 0.2) is 11.5 Å². The maximum atomic E-state index is 12.5. The van der Waals surface area contributed by atoms with E-state index in [0.29, 0.717) is 33.8 Å². The molecule has 0 fully saturated rings. The zero-order valence-electron chi connectivity index (χ0n) is 15.8. The van der Waals surface area contributed by atoms with Crippen molar-refractivity contribution in [3.05, 3.63) is 50.4 Å². The number of carbonyl (C=O) groups is 2. The van der Waals surface area contributed by atoms with Crippen LogP contribution in [0.1, 0.15) is 42.1 Å². The Bertz CT molecular complexity index is 914. The Morgan fingerprint density at radius 2 is 1.82 bits per heavy atom. The van der Waals surface area contributed by atoms with Gasteiger partial charge < -0.3 is 9.47 Å². The molecule has 0 spiro atoms. The van der Waals surface area contributed by atoms with E-state index in [1.165, 1.54) is 4.90 Å². The van der Waals surface area contributed by atoms with Gasteiger partial charge in [-0.3, -0.25) is 14.5 Å². The van der Waals surface area contributed by atoms with Gasteiger partial charge in [0.2, 0.25) is 0 Å². The molecule has 28 heavy (non-hydrogen) atoms. The minimum absolute atomic E-state index is 0.268. The molecule has 0 atom stereocenters. The number of ketones is 1. The number of unbranched alkanes of at least 4 members (excludes halogenated alkanes) is 2. The van der Waals surface area contributed by atoms with Crippen molar-refractivity contribution in [3.8, 4) is 11.5 Å². The first-order valence-corrected chi connectivity index (χ1v) is 10.7. The summed E-state index contributed by atoms with van der Waals surface area (Å²) in [5, 5.41) is 0. The standard InChI is InChI=1S/C21H21Br2NO4/c1-3-4-5-8-28-17-7-6-13(9-18(17)27-2)12-24-19-15(20(25)21(24)26)10-14(22)11-16(19)23/h6-7,9-11H,3-5,8,12H2,1-2H3. The molecule has 0 aliphatic carbocycles. The lowest BCUT2D eigenvalue weighted by molar-refractivity contribution is -0.114. The van der Waals surface area contributed by atoms with Crippen LogP contribution in [0.15, 0.2) is 39.3 Å². The van der Waals surface area contributed by atoms with Crippen molar-refractivity contribution in [1.29, 1.82) is 0 Å². The summed E-state index contributed by atoms with van der Waals surface area (Å²) in [6, 6.07) is 9.08. The van der Waals surface area contributed by atoms with Crippen molar-refractivity contribution in [3.63, 3.8) is 0 Å². The number of anilines is 1. The molecular weight excluding hydrogens is 490 g/mol. The Labute approximate surface area is 181 Å². The number of Topliss-reactive ketones (excluding diaryl/α,β-unsaturated/α-hetero) is 1. The molecule has 0 aromatic heterocycles. The van der Waals surface area contributed by atoms with Gasteiger partial charge in [0.1, 0.15) is 0 Å². The zero-order chi connectivity index (χ0) is 20.3. The molecule has 1 heterocycles. The number of hydrogen-bond donors (Lipinski definition) is 0. The lowest BCUT2D eigenvalue weighted by Gasteiger charge is -2.19. The van der Waals surface area contributed by atoms with E-state index in [9.17, 15) is 9.59 Å². The summed E-state index contributed by atoms with van der Waals surface area (Å²) >= 11 is 6.83. The minimum Gasteiger partial charge on any atom is -0.493 e. The van der Waals surface area contributed by atoms with E-state index in [1.54, 1.807) is 13.2 Å². The number of benzene rings is 2. The summed E-state index contributed by atoms with van der Waals surface area (Å²) in [6.45, 7) is 3.05. The van der Waals surface area contributed by atoms with Crippen molar-refractivity contribution in [2.24, 2.45) is 0 Å². The van der Waals surface area contributed by atoms with Crippen LogP contribution in [0.5, 0.6) is 11.5 Å². The number of amides is 1. The van der Waals surface area contributed by atoms with Crippen LogP contribution in [0, 0.1) is 0 Å². The topological polar surface area (TPSA) is 55.8 Å². The number of fused-ring (bicyclic) bond motifs is 1. The van der Waals surface area contributed by atoms with Crippen molar-refractivity contribution in [1.82, 2.24) is 0 Å². The van der Waals surface area contributed by atoms with Gasteiger partial charge in [-0.25, -0.2) is 0 Å². The molecule has 5 nitrogen and oxygen atoms in total. The summed E-state index contributed by atoms with van der Waals surface area (Å²) in [7, 11) is 1.59. The fourth-order valence-electron chi connectivity index (χ4n) is 3.15. The lowest BCUT2D eigenvalue weighted by atomic mass is 10.1. The first-order valence-electron chi connectivity index (χ1n) is 9.11. The van der Waals surface area contributed by atoms with Crippen LogP contribution in [0.4, 0.5) is 5.69 Å². The predicted octanol–water partition coefficient (Wildman–Crippen LogP) is 5.52. The predicted molar refractivity (Wildman–Crippen MR) is 115 cm³/mol. The van der Waals surface area contributed by atoms with Gasteiger partial charge in [0.05, 0.1) is 31.5 Å². The van der Waals surface area contributed by atoms with Crippen LogP contribution < -0.4 is 14.4 Å². The third-order valence-corrected chi connectivity index (χ3v) is 5.62. The molecule has 148 valence electrons. The highest BCUT2D eigenvalue weighted by Gasteiger charge is 2.37. The van der Waals surface area contributed by atoms with Crippen LogP contribution in [0.3, 0.4) is 0 Å². The molecule has 0 N–H and O–H groups in total. The molecule has 2 aromatic carbocycles. The summed E-state index contributed by atoms with van der Waals surface area (Å²) in [4.78, 5) is 26.4. The quantitative estimate of drug-likeness (QED) is 0.346. The molecule has 1 aliphatic rings. The summed E-state index contributed by atoms with van der Waals surface area (Å²) in [5.41, 5.74) is 1.84. The first-order chi connectivity index (χ1) is 13.5. The number of carbonyl (C=O) groups excluding carboxylic acids is 2. The van der Waals surface area contributed by atoms with Gasteiger partial charge in [-0.1, -0.05) is 41.8 Å². The largest absolute Gasteiger partial charge is 0.493 e. The van der Waals surface area contributed by atoms with Gasteiger partial charge in [-0.15, -0.1) is 0 Å². The van der Waals surface area contributed by atoms with Crippen molar-refractivity contribution in [2.45, 2.75) is 32.7 Å². The number of halogens is 2. The molecule has 0 bridgehead atoms. The van der Waals surface area contributed by atoms with E-state index < -0.39 is 11.7 Å². The van der Waals surface area contributed by atoms with Crippen molar-refractivity contribution < 1.29 is 19.1 Å². The van der Waals surface area contributed by atoms with Crippen LogP contribution >= 0.6 is 31.9 Å². The molecule has 0 saturated heterocycles. The average molecular weight is 511 g/mol. The Balaban J connectivity index is 1.83. The highest BCUT2D eigenvalue weighted by atomic mass is 79.9. The van der Waals surface area contributed by atoms with E-state index in [1.807, 2.05) is 24.3 Å². The second-order valence-electron chi connectivity index (χ2n) is 6.54. The van der Waals surface area contributed by atoms with Crippen LogP contribution in [0.25, 0.3) is 0 Å². The van der Waals surface area contributed by atoms with Crippen LogP contribution in [0.2, 0.25) is 0 Å². The third kappa shape index (κ3) is 4.25. The Morgan fingerprint density at radius 3 is 2.54 bits per heavy atom. The Morgan fingerprint density at radius 1 is 1.04 bits per heavy atom. The molecule has 0 radical (unpaired) electrons. The highest BCUT2D eigenvalue weighted by molar-refractivity contribution is 9.11. The maximum absolute atomic E-state index is 12.5. The molecule has 1 aliphatic heterocycles. The molecule has 0 unspecified atom stereocenters. The van der Waals surface area contributed by atoms with Crippen LogP contribution in [-0.2, 0) is 11.3 Å². The summed E-state index contributed by atoms with van der Waals surface area (Å²) in [6.07, 6.45) is 3.25. The molecule has 2 aromatic rings. The Kier molecular flexibility index (Phi) is 6.78. The second-order valence-corrected chi connectivity index (χ2v) is 8.31. The number of rotatable bonds is 8. The summed E-state index contributed by atoms with van der Waals surface area (Å²) < 4.78 is 12.7. The number of methoxy groups -OCH3 is 1. The van der Waals surface area contributed by atoms with E-state index in [-0.39, 0.29) is 6.54 Å². The normalized spacial score (nSPS) is 13.1. The molecule has 7 heteroatoms. The third-order valence-electron chi connectivity index (χ3n) is 4.56. The second kappa shape index (κ2) is 9.09. The van der Waals surface area contributed by atoms with Crippen molar-refractivity contribution >= 4 is 49.2 Å². The van der Waals surface area contributed by atoms with E-state index in [2.05, 4.69) is 38.8 Å². The number of nitrogens with zero attached hydrogens (tertiary/aromatic N) is 1. The van der Waals surface area contributed by atoms with Crippen molar-refractivity contribution in [2.75, 3.05) is 18.6 Å². The lowest BCUT2D eigenvalue weighted by Crippen LogP contribution is -2.29. The fourth-order valence-corrected chi connectivity index (χ4v) is 4.59. The van der Waals surface area contributed by atoms with E-state index in [0.717, 1.165) is 29.3 Å². The van der Waals surface area contributed by atoms with E-state index >= 15 is 0 Å². The highest BCUT2D eigenvalue weighted by Crippen LogP contribution is 2.40. The van der Waals surface area contributed by atoms with E-state index in [4.69, 9.17) is 9.47 Å². The SMILES string of the molecule is CCCCCOc1ccc(CN2C(=O)C(=O)c3cc(Br)cc(Br)c32)cc1OC.